The molecule has 0 bridgehead atoms. The van der Waals surface area contributed by atoms with Crippen molar-refractivity contribution in [3.63, 3.8) is 0 Å². The van der Waals surface area contributed by atoms with Crippen LogP contribution in [0.3, 0.4) is 0 Å². The summed E-state index contributed by atoms with van der Waals surface area (Å²) in [5, 5.41) is 2.19. The summed E-state index contributed by atoms with van der Waals surface area (Å²) in [5.74, 6) is -1.39. The molecule has 2 aromatic carbocycles. The number of esters is 2. The molecule has 28 heavy (non-hydrogen) atoms. The molecule has 0 fully saturated rings. The normalized spacial score (nSPS) is 14.1. The molecule has 2 aromatic rings. The van der Waals surface area contributed by atoms with E-state index >= 15 is 0 Å². The Labute approximate surface area is 166 Å². The van der Waals surface area contributed by atoms with Crippen LogP contribution in [0.15, 0.2) is 65.8 Å². The van der Waals surface area contributed by atoms with Crippen molar-refractivity contribution in [1.82, 2.24) is 0 Å². The van der Waals surface area contributed by atoms with Gasteiger partial charge in [-0.3, -0.25) is 0 Å². The third-order valence-corrected chi connectivity index (χ3v) is 3.99. The maximum Gasteiger partial charge on any atom is 0.338 e. The van der Waals surface area contributed by atoms with Crippen LogP contribution in [0.5, 0.6) is 0 Å². The van der Waals surface area contributed by atoms with Crippen molar-refractivity contribution in [2.24, 2.45) is 5.16 Å². The number of alkyl halides is 2. The molecule has 148 valence electrons. The fourth-order valence-electron chi connectivity index (χ4n) is 2.22. The van der Waals surface area contributed by atoms with Crippen molar-refractivity contribution in [3.8, 4) is 0 Å². The lowest BCUT2D eigenvalue weighted by Crippen LogP contribution is -2.40. The summed E-state index contributed by atoms with van der Waals surface area (Å²) in [7, 11) is 1.24. The molecule has 0 unspecified atom stereocenters. The summed E-state index contributed by atoms with van der Waals surface area (Å²) < 4.78 is 24.8. The van der Waals surface area contributed by atoms with Gasteiger partial charge in [-0.15, -0.1) is 11.6 Å². The molecule has 3 atom stereocenters. The highest BCUT2D eigenvalue weighted by Crippen LogP contribution is 2.17. The van der Waals surface area contributed by atoms with Gasteiger partial charge in [0, 0.05) is 0 Å². The quantitative estimate of drug-likeness (QED) is 0.274. The number of benzene rings is 2. The minimum Gasteiger partial charge on any atom is -0.460 e. The Hall–Kier alpha value is -2.93. The van der Waals surface area contributed by atoms with Gasteiger partial charge in [0.1, 0.15) is 19.1 Å². The maximum atomic E-state index is 14.5. The Kier molecular flexibility index (Phi) is 8.42. The summed E-state index contributed by atoms with van der Waals surface area (Å²) in [5.41, 5.74) is 0.551. The van der Waals surface area contributed by atoms with Gasteiger partial charge in [-0.2, -0.15) is 0 Å². The van der Waals surface area contributed by atoms with Crippen molar-refractivity contribution in [1.29, 1.82) is 0 Å². The van der Waals surface area contributed by atoms with Gasteiger partial charge in [-0.25, -0.2) is 14.0 Å². The van der Waals surface area contributed by atoms with Crippen molar-refractivity contribution < 1.29 is 28.3 Å². The average Bonchev–Trinajstić information content (AvgIpc) is 2.74. The summed E-state index contributed by atoms with van der Waals surface area (Å²) in [6, 6.07) is 16.3. The summed E-state index contributed by atoms with van der Waals surface area (Å²) in [6.07, 6.45) is -2.50. The summed E-state index contributed by atoms with van der Waals surface area (Å²) >= 11 is 6.19. The van der Waals surface area contributed by atoms with E-state index in [9.17, 15) is 14.0 Å². The van der Waals surface area contributed by atoms with Crippen LogP contribution >= 0.6 is 11.6 Å². The van der Waals surface area contributed by atoms with Gasteiger partial charge in [-0.05, 0) is 24.3 Å². The highest BCUT2D eigenvalue weighted by molar-refractivity contribution is 6.21. The molecule has 0 aromatic heterocycles. The fourth-order valence-corrected chi connectivity index (χ4v) is 2.47. The van der Waals surface area contributed by atoms with E-state index in [1.165, 1.54) is 19.2 Å². The van der Waals surface area contributed by atoms with Crippen LogP contribution < -0.4 is 0 Å². The molecule has 0 radical (unpaired) electrons. The van der Waals surface area contributed by atoms with E-state index in [1.54, 1.807) is 48.5 Å². The molecule has 0 saturated heterocycles. The van der Waals surface area contributed by atoms with Gasteiger partial charge in [0.15, 0.2) is 12.3 Å². The number of carbonyl (C=O) groups is 2. The lowest BCUT2D eigenvalue weighted by molar-refractivity contribution is 0.00677. The number of ether oxygens (including phenoxy) is 2. The Morgan fingerprint density at radius 2 is 1.57 bits per heavy atom. The first-order chi connectivity index (χ1) is 13.5. The Balaban J connectivity index is 2.05. The molecule has 0 N–H and O–H groups in total. The molecule has 8 heteroatoms. The predicted octanol–water partition coefficient (Wildman–Crippen LogP) is 3.65. The number of hydrogen-bond acceptors (Lipinski definition) is 6. The van der Waals surface area contributed by atoms with Crippen molar-refractivity contribution >= 4 is 29.8 Å². The van der Waals surface area contributed by atoms with E-state index in [1.807, 2.05) is 0 Å². The smallest absolute Gasteiger partial charge is 0.338 e. The largest absolute Gasteiger partial charge is 0.460 e. The molecule has 0 aliphatic carbocycles. The molecule has 0 saturated carbocycles. The Morgan fingerprint density at radius 1 is 1.04 bits per heavy atom. The number of nitrogens with zero attached hydrogens (tertiary/aromatic N) is 1. The van der Waals surface area contributed by atoms with Gasteiger partial charge in [0.2, 0.25) is 0 Å². The van der Waals surface area contributed by atoms with E-state index in [0.717, 1.165) is 6.21 Å². The second-order valence-electron chi connectivity index (χ2n) is 5.60. The topological polar surface area (TPSA) is 74.2 Å². The summed E-state index contributed by atoms with van der Waals surface area (Å²) in [6.45, 7) is -0.372. The fraction of sp³-hybridized carbons (Fsp3) is 0.250. The van der Waals surface area contributed by atoms with Crippen LogP contribution in [0.1, 0.15) is 20.7 Å². The van der Waals surface area contributed by atoms with Crippen LogP contribution in [-0.2, 0) is 14.3 Å². The summed E-state index contributed by atoms with van der Waals surface area (Å²) in [4.78, 5) is 28.7. The van der Waals surface area contributed by atoms with Crippen LogP contribution in [-0.4, -0.2) is 49.5 Å². The van der Waals surface area contributed by atoms with E-state index in [-0.39, 0.29) is 12.2 Å². The second-order valence-corrected chi connectivity index (χ2v) is 6.16. The molecule has 0 aliphatic heterocycles. The molecule has 2 rings (SSSR count). The SMILES string of the molecule is CO/N=C\[C@@H](F)[C@H](OC(=O)c1ccccc1)[C@@H](Cl)COC(=O)c1ccccc1. The van der Waals surface area contributed by atoms with Gasteiger partial charge in [0.05, 0.1) is 17.3 Å². The predicted molar refractivity (Wildman–Crippen MR) is 102 cm³/mol. The number of rotatable bonds is 9. The van der Waals surface area contributed by atoms with Crippen LogP contribution in [0, 0.1) is 0 Å². The molecule has 0 amide bonds. The first-order valence-electron chi connectivity index (χ1n) is 8.36. The van der Waals surface area contributed by atoms with E-state index in [0.29, 0.717) is 5.56 Å². The molecular weight excluding hydrogens is 389 g/mol. The van der Waals surface area contributed by atoms with E-state index in [4.69, 9.17) is 21.1 Å². The first kappa shape index (κ1) is 21.4. The lowest BCUT2D eigenvalue weighted by Gasteiger charge is -2.23. The lowest BCUT2D eigenvalue weighted by atomic mass is 10.1. The zero-order valence-electron chi connectivity index (χ0n) is 15.0. The number of halogens is 2. The molecule has 6 nitrogen and oxygen atoms in total. The third kappa shape index (κ3) is 6.35. The molecule has 0 spiro atoms. The molecule has 0 heterocycles. The second kappa shape index (κ2) is 11.0. The highest BCUT2D eigenvalue weighted by atomic mass is 35.5. The average molecular weight is 408 g/mol. The third-order valence-electron chi connectivity index (χ3n) is 3.61. The number of oxime groups is 1. The van der Waals surface area contributed by atoms with Crippen molar-refractivity contribution in [2.45, 2.75) is 17.7 Å². The van der Waals surface area contributed by atoms with Crippen molar-refractivity contribution in [2.75, 3.05) is 13.7 Å². The zero-order valence-corrected chi connectivity index (χ0v) is 15.8. The van der Waals surface area contributed by atoms with Crippen LogP contribution in [0.2, 0.25) is 0 Å². The minimum atomic E-state index is -1.87. The minimum absolute atomic E-state index is 0.230. The van der Waals surface area contributed by atoms with Crippen molar-refractivity contribution in [3.05, 3.63) is 71.8 Å². The highest BCUT2D eigenvalue weighted by Gasteiger charge is 2.33. The van der Waals surface area contributed by atoms with Crippen LogP contribution in [0.4, 0.5) is 4.39 Å². The van der Waals surface area contributed by atoms with E-state index in [2.05, 4.69) is 9.99 Å². The standard InChI is InChI=1S/C20H19ClFNO5/c1-26-23-12-17(22)18(28-20(25)15-10-6-3-7-11-15)16(21)13-27-19(24)14-8-4-2-5-9-14/h2-12,16-18H,13H2,1H3/b23-12-/t16-,17+,18+/m0/s1. The van der Waals surface area contributed by atoms with Gasteiger partial charge in [0.25, 0.3) is 0 Å². The molecule has 0 aliphatic rings. The van der Waals surface area contributed by atoms with E-state index < -0.39 is 29.6 Å². The Bertz CT molecular complexity index is 788. The first-order valence-corrected chi connectivity index (χ1v) is 8.79. The number of carbonyl (C=O) groups excluding carboxylic acids is 2. The van der Waals surface area contributed by atoms with Gasteiger partial charge >= 0.3 is 11.9 Å². The maximum absolute atomic E-state index is 14.5. The van der Waals surface area contributed by atoms with Crippen LogP contribution in [0.25, 0.3) is 0 Å². The monoisotopic (exact) mass is 407 g/mol. The molecular formula is C20H19ClFNO5. The van der Waals surface area contributed by atoms with Gasteiger partial charge < -0.3 is 14.3 Å². The number of hydrogen-bond donors (Lipinski definition) is 0. The van der Waals surface area contributed by atoms with Gasteiger partial charge in [-0.1, -0.05) is 41.6 Å². The Morgan fingerprint density at radius 3 is 2.11 bits per heavy atom. The zero-order chi connectivity index (χ0) is 20.4.